The van der Waals surface area contributed by atoms with Gasteiger partial charge in [0.15, 0.2) is 0 Å². The van der Waals surface area contributed by atoms with E-state index in [2.05, 4.69) is 10.1 Å². The number of hydrogen-bond acceptors (Lipinski definition) is 5. The summed E-state index contributed by atoms with van der Waals surface area (Å²) in [6, 6.07) is 9.88. The lowest BCUT2D eigenvalue weighted by atomic mass is 10.1. The highest BCUT2D eigenvalue weighted by molar-refractivity contribution is 5.55. The second kappa shape index (κ2) is 8.45. The average molecular weight is 456 g/mol. The summed E-state index contributed by atoms with van der Waals surface area (Å²) in [5.41, 5.74) is -0.786. The van der Waals surface area contributed by atoms with Crippen LogP contribution >= 0.6 is 0 Å². The minimum absolute atomic E-state index is 0.0636. The smallest absolute Gasteiger partial charge is 0.369 e. The molecule has 0 spiro atoms. The van der Waals surface area contributed by atoms with Crippen molar-refractivity contribution in [3.63, 3.8) is 0 Å². The van der Waals surface area contributed by atoms with Crippen LogP contribution in [0.15, 0.2) is 53.1 Å². The number of alkyl halides is 6. The average Bonchev–Trinajstić information content (AvgIpc) is 3.22. The van der Waals surface area contributed by atoms with Gasteiger partial charge in [-0.3, -0.25) is 4.90 Å². The van der Waals surface area contributed by atoms with Gasteiger partial charge in [0.05, 0.1) is 17.7 Å². The van der Waals surface area contributed by atoms with Gasteiger partial charge < -0.3 is 9.42 Å². The molecular formula is C21H18F6N4O. The van der Waals surface area contributed by atoms with E-state index in [9.17, 15) is 26.3 Å². The zero-order valence-electron chi connectivity index (χ0n) is 16.6. The van der Waals surface area contributed by atoms with Crippen molar-refractivity contribution < 1.29 is 30.9 Å². The topological polar surface area (TPSA) is 45.4 Å². The molecule has 1 aliphatic rings. The Kier molecular flexibility index (Phi) is 5.85. The van der Waals surface area contributed by atoms with Crippen LogP contribution in [0.2, 0.25) is 0 Å². The highest BCUT2D eigenvalue weighted by Crippen LogP contribution is 2.33. The van der Waals surface area contributed by atoms with Crippen LogP contribution in [0, 0.1) is 0 Å². The molecule has 0 saturated carbocycles. The van der Waals surface area contributed by atoms with E-state index >= 15 is 0 Å². The van der Waals surface area contributed by atoms with Crippen LogP contribution in [-0.2, 0) is 18.9 Å². The number of hydrogen-bond donors (Lipinski definition) is 0. The fourth-order valence-electron chi connectivity index (χ4n) is 3.51. The minimum atomic E-state index is -4.47. The van der Waals surface area contributed by atoms with Crippen LogP contribution in [0.4, 0.5) is 32.0 Å². The van der Waals surface area contributed by atoms with Crippen molar-refractivity contribution in [3.05, 3.63) is 65.5 Å². The first-order valence-corrected chi connectivity index (χ1v) is 9.74. The van der Waals surface area contributed by atoms with E-state index in [-0.39, 0.29) is 17.3 Å². The van der Waals surface area contributed by atoms with Gasteiger partial charge in [-0.1, -0.05) is 23.4 Å². The van der Waals surface area contributed by atoms with Crippen molar-refractivity contribution in [1.29, 1.82) is 0 Å². The summed E-state index contributed by atoms with van der Waals surface area (Å²) in [7, 11) is 0. The quantitative estimate of drug-likeness (QED) is 0.512. The van der Waals surface area contributed by atoms with Crippen LogP contribution in [0.3, 0.4) is 0 Å². The first-order chi connectivity index (χ1) is 15.1. The Labute approximate surface area is 179 Å². The summed E-state index contributed by atoms with van der Waals surface area (Å²) in [6.07, 6.45) is -8.87. The second-order valence-electron chi connectivity index (χ2n) is 7.40. The van der Waals surface area contributed by atoms with Gasteiger partial charge >= 0.3 is 12.4 Å². The molecule has 2 heterocycles. The van der Waals surface area contributed by atoms with Crippen LogP contribution in [0.5, 0.6) is 0 Å². The van der Waals surface area contributed by atoms with E-state index in [1.54, 1.807) is 6.07 Å². The summed E-state index contributed by atoms with van der Waals surface area (Å²) >= 11 is 0. The molecule has 1 aromatic heterocycles. The number of benzene rings is 2. The molecular weight excluding hydrogens is 438 g/mol. The number of rotatable bonds is 4. The molecule has 0 aliphatic carbocycles. The van der Waals surface area contributed by atoms with Crippen molar-refractivity contribution in [2.75, 3.05) is 31.1 Å². The molecule has 1 saturated heterocycles. The number of aromatic nitrogens is 2. The highest BCUT2D eigenvalue weighted by atomic mass is 19.4. The first kappa shape index (κ1) is 22.1. The lowest BCUT2D eigenvalue weighted by molar-refractivity contribution is -0.138. The summed E-state index contributed by atoms with van der Waals surface area (Å²) < 4.78 is 82.7. The van der Waals surface area contributed by atoms with Gasteiger partial charge in [-0.2, -0.15) is 31.3 Å². The predicted molar refractivity (Wildman–Crippen MR) is 104 cm³/mol. The predicted octanol–water partition coefficient (Wildman–Crippen LogP) is 5.10. The summed E-state index contributed by atoms with van der Waals surface area (Å²) in [5, 5.41) is 3.77. The number of halogens is 6. The molecule has 0 radical (unpaired) electrons. The molecule has 0 unspecified atom stereocenters. The van der Waals surface area contributed by atoms with E-state index in [0.717, 1.165) is 24.3 Å². The first-order valence-electron chi connectivity index (χ1n) is 9.74. The van der Waals surface area contributed by atoms with Crippen molar-refractivity contribution in [3.8, 4) is 11.4 Å². The van der Waals surface area contributed by atoms with Crippen LogP contribution in [0.25, 0.3) is 11.4 Å². The molecule has 0 amide bonds. The van der Waals surface area contributed by atoms with E-state index in [1.807, 2.05) is 9.80 Å². The van der Waals surface area contributed by atoms with Gasteiger partial charge in [0, 0.05) is 37.4 Å². The fourth-order valence-corrected chi connectivity index (χ4v) is 3.51. The Morgan fingerprint density at radius 2 is 1.44 bits per heavy atom. The van der Waals surface area contributed by atoms with Crippen molar-refractivity contribution in [2.24, 2.45) is 0 Å². The van der Waals surface area contributed by atoms with Gasteiger partial charge in [-0.05, 0) is 30.3 Å². The molecule has 0 N–H and O–H groups in total. The monoisotopic (exact) mass is 456 g/mol. The molecule has 11 heteroatoms. The fraction of sp³-hybridized carbons (Fsp3) is 0.333. The summed E-state index contributed by atoms with van der Waals surface area (Å²) in [6.45, 7) is 2.42. The van der Waals surface area contributed by atoms with E-state index < -0.39 is 23.5 Å². The van der Waals surface area contributed by atoms with Crippen LogP contribution < -0.4 is 4.90 Å². The molecule has 3 aromatic rings. The maximum atomic E-state index is 12.9. The number of nitrogens with zero attached hydrogens (tertiary/aromatic N) is 4. The Morgan fingerprint density at radius 3 is 2.09 bits per heavy atom. The van der Waals surface area contributed by atoms with Crippen LogP contribution in [-0.4, -0.2) is 41.2 Å². The largest absolute Gasteiger partial charge is 0.416 e. The lowest BCUT2D eigenvalue weighted by Crippen LogP contribution is -2.46. The van der Waals surface area contributed by atoms with Gasteiger partial charge in [-0.15, -0.1) is 0 Å². The molecule has 2 aromatic carbocycles. The second-order valence-corrected chi connectivity index (χ2v) is 7.40. The van der Waals surface area contributed by atoms with E-state index in [0.29, 0.717) is 38.4 Å². The molecule has 5 nitrogen and oxygen atoms in total. The van der Waals surface area contributed by atoms with Crippen LogP contribution in [0.1, 0.15) is 17.0 Å². The molecule has 0 atom stereocenters. The Morgan fingerprint density at radius 1 is 0.812 bits per heavy atom. The highest BCUT2D eigenvalue weighted by Gasteiger charge is 2.32. The number of piperazine rings is 1. The standard InChI is InChI=1S/C21H18F6N4O/c22-20(23,24)15-4-1-3-14(11-15)19-28-18(32-29-19)13-30-7-9-31(10-8-30)17-6-2-5-16(12-17)21(25,26)27/h1-6,11-12H,7-10,13H2. The Hall–Kier alpha value is -3.08. The Bertz CT molecular complexity index is 1070. The van der Waals surface area contributed by atoms with Crippen molar-refractivity contribution >= 4 is 5.69 Å². The normalized spacial score (nSPS) is 15.9. The molecule has 170 valence electrons. The summed E-state index contributed by atoms with van der Waals surface area (Å²) in [4.78, 5) is 8.05. The molecule has 1 aliphatic heterocycles. The van der Waals surface area contributed by atoms with E-state index in [1.165, 1.54) is 18.2 Å². The lowest BCUT2D eigenvalue weighted by Gasteiger charge is -2.35. The molecule has 1 fully saturated rings. The molecule has 4 rings (SSSR count). The maximum Gasteiger partial charge on any atom is 0.416 e. The summed E-state index contributed by atoms with van der Waals surface area (Å²) in [5.74, 6) is 0.318. The molecule has 0 bridgehead atoms. The van der Waals surface area contributed by atoms with Crippen molar-refractivity contribution in [1.82, 2.24) is 15.0 Å². The minimum Gasteiger partial charge on any atom is -0.369 e. The SMILES string of the molecule is FC(F)(F)c1cccc(-c2noc(CN3CCN(c4cccc(C(F)(F)F)c4)CC3)n2)c1. The van der Waals surface area contributed by atoms with Gasteiger partial charge in [-0.25, -0.2) is 0 Å². The van der Waals surface area contributed by atoms with Gasteiger partial charge in [0.1, 0.15) is 0 Å². The zero-order chi connectivity index (χ0) is 22.9. The Balaban J connectivity index is 1.37. The maximum absolute atomic E-state index is 12.9. The molecule has 32 heavy (non-hydrogen) atoms. The van der Waals surface area contributed by atoms with Gasteiger partial charge in [0.2, 0.25) is 11.7 Å². The van der Waals surface area contributed by atoms with Gasteiger partial charge in [0.25, 0.3) is 0 Å². The third-order valence-electron chi connectivity index (χ3n) is 5.19. The zero-order valence-corrected chi connectivity index (χ0v) is 16.6. The number of anilines is 1. The third-order valence-corrected chi connectivity index (χ3v) is 5.19. The van der Waals surface area contributed by atoms with Crippen molar-refractivity contribution in [2.45, 2.75) is 18.9 Å². The third kappa shape index (κ3) is 5.04. The van der Waals surface area contributed by atoms with E-state index in [4.69, 9.17) is 4.52 Å².